The number of aryl methyl sites for hydroxylation is 1. The molecular formula is C19H17N3O2S3. The van der Waals surface area contributed by atoms with E-state index >= 15 is 0 Å². The number of nitrogens with zero attached hydrogens (tertiary/aromatic N) is 2. The van der Waals surface area contributed by atoms with Gasteiger partial charge in [0.15, 0.2) is 14.1 Å². The summed E-state index contributed by atoms with van der Waals surface area (Å²) in [6, 6.07) is 14.7. The van der Waals surface area contributed by atoms with Crippen LogP contribution in [0.4, 0.5) is 5.69 Å². The molecule has 0 aliphatic carbocycles. The summed E-state index contributed by atoms with van der Waals surface area (Å²) in [6.07, 6.45) is 0. The molecular weight excluding hydrogens is 398 g/mol. The van der Waals surface area contributed by atoms with E-state index in [0.29, 0.717) is 15.2 Å². The first-order chi connectivity index (χ1) is 12.9. The van der Waals surface area contributed by atoms with Crippen LogP contribution in [-0.4, -0.2) is 27.2 Å². The van der Waals surface area contributed by atoms with Gasteiger partial charge in [0.25, 0.3) is 0 Å². The number of amides is 1. The van der Waals surface area contributed by atoms with Crippen molar-refractivity contribution in [2.45, 2.75) is 18.2 Å². The van der Waals surface area contributed by atoms with Crippen molar-refractivity contribution in [1.29, 1.82) is 0 Å². The number of rotatable bonds is 6. The number of nitrogens with one attached hydrogen (secondary N) is 1. The third-order valence-corrected chi connectivity index (χ3v) is 6.14. The minimum Gasteiger partial charge on any atom is -0.325 e. The summed E-state index contributed by atoms with van der Waals surface area (Å²) in [7, 11) is 0. The second kappa shape index (κ2) is 8.60. The standard InChI is InChI=1S/C19H17N3O2S3/c1-12-5-3-4-6-16(12)22-19(25)27-18(21-22)26-11-17(24)20-15-9-7-14(8-10-15)13(2)23/h3-10H,11H2,1-2H3,(H,20,24). The van der Waals surface area contributed by atoms with Gasteiger partial charge in [-0.25, -0.2) is 4.68 Å². The summed E-state index contributed by atoms with van der Waals surface area (Å²) in [6.45, 7) is 3.52. The Kier molecular flexibility index (Phi) is 6.20. The summed E-state index contributed by atoms with van der Waals surface area (Å²) < 4.78 is 3.12. The molecule has 1 aromatic heterocycles. The van der Waals surface area contributed by atoms with Crippen LogP contribution in [0, 0.1) is 10.9 Å². The zero-order chi connectivity index (χ0) is 19.4. The molecule has 1 heterocycles. The maximum absolute atomic E-state index is 12.2. The molecule has 0 bridgehead atoms. The van der Waals surface area contributed by atoms with Crippen molar-refractivity contribution >= 4 is 52.7 Å². The fraction of sp³-hybridized carbons (Fsp3) is 0.158. The number of para-hydroxylation sites is 1. The Hall–Kier alpha value is -2.29. The third kappa shape index (κ3) is 4.91. The van der Waals surface area contributed by atoms with E-state index < -0.39 is 0 Å². The average Bonchev–Trinajstić information content (AvgIpc) is 3.01. The molecule has 0 saturated heterocycles. The van der Waals surface area contributed by atoms with Gasteiger partial charge in [-0.1, -0.05) is 41.3 Å². The summed E-state index contributed by atoms with van der Waals surface area (Å²) in [4.78, 5) is 23.4. The molecule has 0 aliphatic heterocycles. The number of hydrogen-bond donors (Lipinski definition) is 1. The Balaban J connectivity index is 1.62. The number of thioether (sulfide) groups is 1. The van der Waals surface area contributed by atoms with Crippen LogP contribution in [0.1, 0.15) is 22.8 Å². The second-order valence-electron chi connectivity index (χ2n) is 5.80. The Bertz CT molecular complexity index is 1040. The Labute approximate surface area is 170 Å². The van der Waals surface area contributed by atoms with Gasteiger partial charge in [-0.3, -0.25) is 9.59 Å². The van der Waals surface area contributed by atoms with Gasteiger partial charge < -0.3 is 5.32 Å². The van der Waals surface area contributed by atoms with E-state index in [1.54, 1.807) is 28.9 Å². The summed E-state index contributed by atoms with van der Waals surface area (Å²) in [5, 5.41) is 7.34. The Morgan fingerprint density at radius 2 is 1.89 bits per heavy atom. The molecule has 3 aromatic rings. The number of carbonyl (C=O) groups excluding carboxylic acids is 2. The first kappa shape index (κ1) is 19.5. The van der Waals surface area contributed by atoms with Gasteiger partial charge in [-0.15, -0.1) is 5.10 Å². The van der Waals surface area contributed by atoms with Crippen molar-refractivity contribution in [3.63, 3.8) is 0 Å². The molecule has 0 fully saturated rings. The molecule has 138 valence electrons. The monoisotopic (exact) mass is 415 g/mol. The van der Waals surface area contributed by atoms with Crippen molar-refractivity contribution in [1.82, 2.24) is 9.78 Å². The molecule has 0 radical (unpaired) electrons. The van der Waals surface area contributed by atoms with Crippen LogP contribution in [-0.2, 0) is 4.79 Å². The van der Waals surface area contributed by atoms with Crippen LogP contribution in [0.2, 0.25) is 0 Å². The van der Waals surface area contributed by atoms with Crippen molar-refractivity contribution in [3.8, 4) is 5.69 Å². The maximum atomic E-state index is 12.2. The predicted molar refractivity (Wildman–Crippen MR) is 113 cm³/mol. The molecule has 0 unspecified atom stereocenters. The smallest absolute Gasteiger partial charge is 0.234 e. The zero-order valence-electron chi connectivity index (χ0n) is 14.8. The predicted octanol–water partition coefficient (Wildman–Crippen LogP) is 4.91. The summed E-state index contributed by atoms with van der Waals surface area (Å²) in [5.74, 6) is 0.0813. The van der Waals surface area contributed by atoms with E-state index in [0.717, 1.165) is 15.6 Å². The molecule has 27 heavy (non-hydrogen) atoms. The van der Waals surface area contributed by atoms with Crippen LogP contribution in [0.3, 0.4) is 0 Å². The Morgan fingerprint density at radius 3 is 2.56 bits per heavy atom. The van der Waals surface area contributed by atoms with E-state index in [9.17, 15) is 9.59 Å². The van der Waals surface area contributed by atoms with Gasteiger partial charge in [0.05, 0.1) is 11.4 Å². The lowest BCUT2D eigenvalue weighted by Gasteiger charge is -2.05. The molecule has 1 N–H and O–H groups in total. The fourth-order valence-corrected chi connectivity index (χ4v) is 4.53. The first-order valence-electron chi connectivity index (χ1n) is 8.14. The lowest BCUT2D eigenvalue weighted by atomic mass is 10.1. The third-order valence-electron chi connectivity index (χ3n) is 3.77. The first-order valence-corrected chi connectivity index (χ1v) is 10.3. The van der Waals surface area contributed by atoms with Gasteiger partial charge >= 0.3 is 0 Å². The number of hydrogen-bond acceptors (Lipinski definition) is 6. The SMILES string of the molecule is CC(=O)c1ccc(NC(=O)CSc2nn(-c3ccccc3C)c(=S)s2)cc1. The molecule has 0 saturated carbocycles. The van der Waals surface area contributed by atoms with Crippen LogP contribution < -0.4 is 5.32 Å². The summed E-state index contributed by atoms with van der Waals surface area (Å²) in [5.41, 5.74) is 3.30. The van der Waals surface area contributed by atoms with Gasteiger partial charge in [0.2, 0.25) is 5.91 Å². The normalized spacial score (nSPS) is 10.6. The van der Waals surface area contributed by atoms with Crippen molar-refractivity contribution in [2.24, 2.45) is 0 Å². The minimum absolute atomic E-state index is 0.00567. The highest BCUT2D eigenvalue weighted by atomic mass is 32.2. The topological polar surface area (TPSA) is 64.0 Å². The number of carbonyl (C=O) groups is 2. The fourth-order valence-electron chi connectivity index (χ4n) is 2.39. The van der Waals surface area contributed by atoms with Crippen LogP contribution in [0.15, 0.2) is 52.9 Å². The average molecular weight is 416 g/mol. The summed E-state index contributed by atoms with van der Waals surface area (Å²) >= 11 is 8.14. The lowest BCUT2D eigenvalue weighted by molar-refractivity contribution is -0.113. The largest absolute Gasteiger partial charge is 0.325 e. The van der Waals surface area contributed by atoms with Gasteiger partial charge in [0.1, 0.15) is 0 Å². The number of aromatic nitrogens is 2. The van der Waals surface area contributed by atoms with Gasteiger partial charge in [-0.2, -0.15) is 0 Å². The lowest BCUT2D eigenvalue weighted by Crippen LogP contribution is -2.14. The molecule has 0 aliphatic rings. The van der Waals surface area contributed by atoms with Crippen LogP contribution in [0.25, 0.3) is 5.69 Å². The van der Waals surface area contributed by atoms with E-state index in [4.69, 9.17) is 12.2 Å². The van der Waals surface area contributed by atoms with Crippen LogP contribution in [0.5, 0.6) is 0 Å². The quantitative estimate of drug-likeness (QED) is 0.352. The van der Waals surface area contributed by atoms with Crippen molar-refractivity contribution in [3.05, 3.63) is 63.6 Å². The minimum atomic E-state index is -0.140. The van der Waals surface area contributed by atoms with Crippen LogP contribution >= 0.6 is 35.3 Å². The highest BCUT2D eigenvalue weighted by Gasteiger charge is 2.11. The number of Topliss-reactive ketones (excluding diaryl/α,β-unsaturated/α-hetero) is 1. The van der Waals surface area contributed by atoms with E-state index in [1.807, 2.05) is 31.2 Å². The zero-order valence-corrected chi connectivity index (χ0v) is 17.2. The maximum Gasteiger partial charge on any atom is 0.234 e. The van der Waals surface area contributed by atoms with Gasteiger partial charge in [-0.05, 0) is 62.0 Å². The molecule has 3 rings (SSSR count). The molecule has 2 aromatic carbocycles. The van der Waals surface area contributed by atoms with E-state index in [2.05, 4.69) is 10.4 Å². The van der Waals surface area contributed by atoms with Crippen molar-refractivity contribution in [2.75, 3.05) is 11.1 Å². The number of ketones is 1. The highest BCUT2D eigenvalue weighted by molar-refractivity contribution is 8.01. The molecule has 8 heteroatoms. The van der Waals surface area contributed by atoms with Gasteiger partial charge in [0, 0.05) is 11.3 Å². The molecule has 1 amide bonds. The number of anilines is 1. The van der Waals surface area contributed by atoms with Crippen molar-refractivity contribution < 1.29 is 9.59 Å². The molecule has 0 spiro atoms. The van der Waals surface area contributed by atoms with E-state index in [1.165, 1.54) is 30.0 Å². The number of benzene rings is 2. The Morgan fingerprint density at radius 1 is 1.19 bits per heavy atom. The second-order valence-corrected chi connectivity index (χ2v) is 8.65. The molecule has 0 atom stereocenters. The molecule has 5 nitrogen and oxygen atoms in total. The highest BCUT2D eigenvalue weighted by Crippen LogP contribution is 2.25. The van der Waals surface area contributed by atoms with E-state index in [-0.39, 0.29) is 17.4 Å².